The zero-order chi connectivity index (χ0) is 17.1. The quantitative estimate of drug-likeness (QED) is 0.586. The van der Waals surface area contributed by atoms with Crippen LogP contribution in [0.25, 0.3) is 0 Å². The molecule has 13 heteroatoms. The number of halogens is 9. The standard InChI is InChI=1S/C6H2F8O3.C2H5FO/c7-1-3(9)6(13,14)17-4(16-3,2(8)15)5(10,11)12;1-2-4-3/h1H2;2H2,1H3. The largest absolute Gasteiger partial charge is 0.454 e. The Bertz CT molecular complexity index is 371. The minimum atomic E-state index is -6.15. The molecule has 0 aliphatic carbocycles. The van der Waals surface area contributed by atoms with Crippen LogP contribution in [0.4, 0.5) is 39.6 Å². The van der Waals surface area contributed by atoms with Gasteiger partial charge >= 0.3 is 30.0 Å². The molecule has 0 aromatic heterocycles. The normalized spacial score (nSPS) is 31.5. The van der Waals surface area contributed by atoms with Crippen molar-refractivity contribution >= 4 is 6.04 Å². The van der Waals surface area contributed by atoms with Crippen molar-refractivity contribution in [1.29, 1.82) is 0 Å². The molecule has 1 heterocycles. The average molecular weight is 338 g/mol. The average Bonchev–Trinajstić information content (AvgIpc) is 2.58. The van der Waals surface area contributed by atoms with Crippen molar-refractivity contribution in [2.45, 2.75) is 30.9 Å². The Hall–Kier alpha value is -1.08. The van der Waals surface area contributed by atoms with E-state index in [1.165, 1.54) is 0 Å². The smallest absolute Gasteiger partial charge is 0.287 e. The van der Waals surface area contributed by atoms with E-state index in [2.05, 4.69) is 14.4 Å². The van der Waals surface area contributed by atoms with Crippen LogP contribution in [0.15, 0.2) is 0 Å². The zero-order valence-electron chi connectivity index (χ0n) is 9.95. The monoisotopic (exact) mass is 338 g/mol. The van der Waals surface area contributed by atoms with E-state index in [0.29, 0.717) is 0 Å². The lowest BCUT2D eigenvalue weighted by atomic mass is 10.3. The van der Waals surface area contributed by atoms with Gasteiger partial charge in [0.25, 0.3) is 0 Å². The maximum absolute atomic E-state index is 12.9. The van der Waals surface area contributed by atoms with E-state index >= 15 is 0 Å². The first kappa shape index (κ1) is 19.9. The summed E-state index contributed by atoms with van der Waals surface area (Å²) in [6.07, 6.45) is -11.6. The van der Waals surface area contributed by atoms with E-state index in [1.54, 1.807) is 6.92 Å². The molecule has 1 aliphatic heterocycles. The fourth-order valence-corrected chi connectivity index (χ4v) is 0.977. The molecule has 1 fully saturated rings. The molecule has 0 N–H and O–H groups in total. The second-order valence-corrected chi connectivity index (χ2v) is 3.37. The molecule has 0 aromatic carbocycles. The van der Waals surface area contributed by atoms with Crippen LogP contribution in [0.1, 0.15) is 6.92 Å². The molecular weight excluding hydrogens is 331 g/mol. The molecule has 2 atom stereocenters. The minimum Gasteiger partial charge on any atom is -0.287 e. The molecule has 0 saturated carbocycles. The summed E-state index contributed by atoms with van der Waals surface area (Å²) in [6.45, 7) is -1.04. The Balaban J connectivity index is 0.000000885. The molecule has 21 heavy (non-hydrogen) atoms. The van der Waals surface area contributed by atoms with Crippen molar-refractivity contribution in [3.63, 3.8) is 0 Å². The summed E-state index contributed by atoms with van der Waals surface area (Å²) >= 11 is 0. The molecule has 1 aliphatic rings. The number of hydrogen-bond acceptors (Lipinski definition) is 4. The van der Waals surface area contributed by atoms with Gasteiger partial charge in [-0.2, -0.15) is 35.7 Å². The van der Waals surface area contributed by atoms with Gasteiger partial charge in [-0.3, -0.25) is 14.3 Å². The third-order valence-corrected chi connectivity index (χ3v) is 1.92. The lowest BCUT2D eigenvalue weighted by Crippen LogP contribution is -2.53. The topological polar surface area (TPSA) is 44.8 Å². The number of carbonyl (C=O) groups is 1. The van der Waals surface area contributed by atoms with Gasteiger partial charge in [0.1, 0.15) is 0 Å². The van der Waals surface area contributed by atoms with Crippen molar-refractivity contribution in [2.75, 3.05) is 13.3 Å². The number of carbonyl (C=O) groups excluding carboxylic acids is 1. The molecule has 1 saturated heterocycles. The van der Waals surface area contributed by atoms with Crippen LogP contribution in [0.5, 0.6) is 0 Å². The Morgan fingerprint density at radius 1 is 1.19 bits per heavy atom. The Kier molecular flexibility index (Phi) is 6.03. The summed E-state index contributed by atoms with van der Waals surface area (Å²) in [5, 5.41) is 0. The van der Waals surface area contributed by atoms with Gasteiger partial charge in [-0.1, -0.05) is 0 Å². The zero-order valence-corrected chi connectivity index (χ0v) is 9.95. The summed E-state index contributed by atoms with van der Waals surface area (Å²) in [7, 11) is 0. The van der Waals surface area contributed by atoms with Crippen LogP contribution in [0.3, 0.4) is 0 Å². The first-order valence-corrected chi connectivity index (χ1v) is 4.86. The molecule has 2 unspecified atom stereocenters. The van der Waals surface area contributed by atoms with Crippen molar-refractivity contribution in [3.8, 4) is 0 Å². The Morgan fingerprint density at radius 3 is 1.76 bits per heavy atom. The van der Waals surface area contributed by atoms with Gasteiger partial charge in [0.05, 0.1) is 6.61 Å². The first-order chi connectivity index (χ1) is 9.33. The molecule has 0 spiro atoms. The number of alkyl halides is 7. The van der Waals surface area contributed by atoms with Gasteiger partial charge in [-0.05, 0) is 11.4 Å². The first-order valence-electron chi connectivity index (χ1n) is 4.86. The molecule has 0 aromatic rings. The highest BCUT2D eigenvalue weighted by atomic mass is 19.4. The Labute approximate surface area is 110 Å². The maximum Gasteiger partial charge on any atom is 0.454 e. The van der Waals surface area contributed by atoms with Crippen LogP contribution in [0.2, 0.25) is 0 Å². The Morgan fingerprint density at radius 2 is 1.62 bits per heavy atom. The van der Waals surface area contributed by atoms with E-state index in [4.69, 9.17) is 0 Å². The minimum absolute atomic E-state index is 0.153. The van der Waals surface area contributed by atoms with Crippen LogP contribution >= 0.6 is 0 Å². The summed E-state index contributed by atoms with van der Waals surface area (Å²) in [4.78, 5) is 13.1. The van der Waals surface area contributed by atoms with Crippen LogP contribution < -0.4 is 0 Å². The highest BCUT2D eigenvalue weighted by Gasteiger charge is 2.82. The molecule has 1 rings (SSSR count). The fraction of sp³-hybridized carbons (Fsp3) is 0.875. The van der Waals surface area contributed by atoms with E-state index in [-0.39, 0.29) is 6.61 Å². The summed E-state index contributed by atoms with van der Waals surface area (Å²) in [5.41, 5.74) is 0. The van der Waals surface area contributed by atoms with Gasteiger partial charge in [-0.15, -0.1) is 0 Å². The van der Waals surface area contributed by atoms with Crippen molar-refractivity contribution in [2.24, 2.45) is 0 Å². The number of hydrogen-bond donors (Lipinski definition) is 0. The van der Waals surface area contributed by atoms with Crippen molar-refractivity contribution in [3.05, 3.63) is 0 Å². The molecule has 0 radical (unpaired) electrons. The number of rotatable bonds is 3. The molecular formula is C8H7F9O4. The lowest BCUT2D eigenvalue weighted by Gasteiger charge is -2.24. The van der Waals surface area contributed by atoms with Gasteiger partial charge in [-0.25, -0.2) is 4.39 Å². The van der Waals surface area contributed by atoms with Crippen LogP contribution in [0, 0.1) is 0 Å². The van der Waals surface area contributed by atoms with Gasteiger partial charge < -0.3 is 0 Å². The third kappa shape index (κ3) is 3.58. The number of ether oxygens (including phenoxy) is 2. The third-order valence-electron chi connectivity index (χ3n) is 1.92. The predicted molar refractivity (Wildman–Crippen MR) is 44.6 cm³/mol. The highest BCUT2D eigenvalue weighted by molar-refractivity contribution is 5.78. The second-order valence-electron chi connectivity index (χ2n) is 3.37. The second kappa shape index (κ2) is 6.36. The molecule has 0 amide bonds. The predicted octanol–water partition coefficient (Wildman–Crippen LogP) is 2.92. The molecule has 0 bridgehead atoms. The summed E-state index contributed by atoms with van der Waals surface area (Å²) < 4.78 is 114. The van der Waals surface area contributed by atoms with E-state index < -0.39 is 36.6 Å². The summed E-state index contributed by atoms with van der Waals surface area (Å²) in [6, 6.07) is -3.57. The lowest BCUT2D eigenvalue weighted by molar-refractivity contribution is -0.361. The molecule has 4 nitrogen and oxygen atoms in total. The SMILES string of the molecule is CCOF.O=C(F)C1(C(F)(F)F)OC(F)(F)C(F)(CF)O1. The van der Waals surface area contributed by atoms with Crippen molar-refractivity contribution in [1.82, 2.24) is 0 Å². The summed E-state index contributed by atoms with van der Waals surface area (Å²) in [5.74, 6) is -10.1. The van der Waals surface area contributed by atoms with E-state index in [0.717, 1.165) is 0 Å². The molecule has 126 valence electrons. The van der Waals surface area contributed by atoms with Gasteiger partial charge in [0, 0.05) is 0 Å². The van der Waals surface area contributed by atoms with Gasteiger partial charge in [0.15, 0.2) is 6.67 Å². The van der Waals surface area contributed by atoms with Gasteiger partial charge in [0.2, 0.25) is 0 Å². The highest BCUT2D eigenvalue weighted by Crippen LogP contribution is 2.54. The van der Waals surface area contributed by atoms with E-state index in [9.17, 15) is 44.4 Å². The maximum atomic E-state index is 12.9. The van der Waals surface area contributed by atoms with Crippen molar-refractivity contribution < 1.29 is 58.9 Å². The van der Waals surface area contributed by atoms with Crippen LogP contribution in [-0.4, -0.2) is 43.2 Å². The fourth-order valence-electron chi connectivity index (χ4n) is 0.977. The van der Waals surface area contributed by atoms with Crippen LogP contribution in [-0.2, 0) is 19.2 Å². The van der Waals surface area contributed by atoms with E-state index in [1.807, 2.05) is 0 Å².